The summed E-state index contributed by atoms with van der Waals surface area (Å²) >= 11 is 0. The topological polar surface area (TPSA) is 74.4 Å². The molecule has 18 heavy (non-hydrogen) atoms. The van der Waals surface area contributed by atoms with Gasteiger partial charge in [0.05, 0.1) is 0 Å². The average Bonchev–Trinajstić information content (AvgIpc) is 2.39. The summed E-state index contributed by atoms with van der Waals surface area (Å²) in [4.78, 5) is 5.58. The number of aliphatic hydroxyl groups is 1. The maximum absolute atomic E-state index is 13.7. The van der Waals surface area contributed by atoms with Crippen molar-refractivity contribution in [2.45, 2.75) is 12.8 Å². The van der Waals surface area contributed by atoms with E-state index in [0.717, 1.165) is 18.9 Å². The van der Waals surface area contributed by atoms with Gasteiger partial charge in [0.15, 0.2) is 23.3 Å². The molecule has 1 aliphatic rings. The molecule has 5 nitrogen and oxygen atoms in total. The smallest absolute Gasteiger partial charge is 0.178 e. The van der Waals surface area contributed by atoms with Gasteiger partial charge in [-0.05, 0) is 18.8 Å². The lowest BCUT2D eigenvalue weighted by Gasteiger charge is -2.32. The maximum Gasteiger partial charge on any atom is 0.178 e. The number of hydrogen-bond acceptors (Lipinski definition) is 5. The molecule has 0 saturated carbocycles. The quantitative estimate of drug-likeness (QED) is 0.554. The van der Waals surface area contributed by atoms with Crippen LogP contribution in [0, 0.1) is 17.6 Å². The van der Waals surface area contributed by atoms with Crippen molar-refractivity contribution >= 4 is 11.6 Å². The molecule has 1 saturated heterocycles. The van der Waals surface area contributed by atoms with E-state index < -0.39 is 11.6 Å². The SMILES string of the molecule is NNc1nc(N2CCC(CO)CC2)c(F)cc1F. The third-order valence-electron chi connectivity index (χ3n) is 3.22. The van der Waals surface area contributed by atoms with Gasteiger partial charge in [-0.1, -0.05) is 0 Å². The van der Waals surface area contributed by atoms with Gasteiger partial charge in [0, 0.05) is 25.8 Å². The van der Waals surface area contributed by atoms with Crippen LogP contribution in [-0.4, -0.2) is 29.8 Å². The third-order valence-corrected chi connectivity index (χ3v) is 3.22. The first-order chi connectivity index (χ1) is 8.65. The lowest BCUT2D eigenvalue weighted by Crippen LogP contribution is -2.36. The Morgan fingerprint density at radius 1 is 1.39 bits per heavy atom. The van der Waals surface area contributed by atoms with Crippen LogP contribution in [0.15, 0.2) is 6.07 Å². The maximum atomic E-state index is 13.7. The van der Waals surface area contributed by atoms with Crippen molar-refractivity contribution in [1.82, 2.24) is 4.98 Å². The molecule has 2 rings (SSSR count). The van der Waals surface area contributed by atoms with Gasteiger partial charge in [0.2, 0.25) is 0 Å². The number of nitrogens with two attached hydrogens (primary N) is 1. The number of hydrogen-bond donors (Lipinski definition) is 3. The number of nitrogen functional groups attached to an aromatic ring is 1. The van der Waals surface area contributed by atoms with E-state index in [0.29, 0.717) is 13.1 Å². The summed E-state index contributed by atoms with van der Waals surface area (Å²) in [6.07, 6.45) is 1.53. The number of aromatic nitrogens is 1. The van der Waals surface area contributed by atoms with E-state index in [1.165, 1.54) is 0 Å². The second-order valence-corrected chi connectivity index (χ2v) is 4.38. The number of nitrogens with one attached hydrogen (secondary N) is 1. The highest BCUT2D eigenvalue weighted by Gasteiger charge is 2.23. The van der Waals surface area contributed by atoms with Crippen LogP contribution >= 0.6 is 0 Å². The number of piperidine rings is 1. The summed E-state index contributed by atoms with van der Waals surface area (Å²) in [6.45, 7) is 1.32. The average molecular weight is 258 g/mol. The summed E-state index contributed by atoms with van der Waals surface area (Å²) in [5, 5.41) is 9.04. The molecular weight excluding hydrogens is 242 g/mol. The molecule has 0 atom stereocenters. The Kier molecular flexibility index (Phi) is 3.93. The van der Waals surface area contributed by atoms with Gasteiger partial charge in [-0.15, -0.1) is 0 Å². The molecule has 1 aromatic heterocycles. The van der Waals surface area contributed by atoms with E-state index in [1.807, 2.05) is 0 Å². The Labute approximate surface area is 104 Å². The summed E-state index contributed by atoms with van der Waals surface area (Å²) in [5.74, 6) is 3.77. The number of hydrazine groups is 1. The zero-order valence-corrected chi connectivity index (χ0v) is 9.87. The molecule has 2 heterocycles. The first kappa shape index (κ1) is 13.0. The molecule has 0 amide bonds. The fourth-order valence-corrected chi connectivity index (χ4v) is 2.11. The highest BCUT2D eigenvalue weighted by molar-refractivity contribution is 5.49. The minimum atomic E-state index is -0.816. The van der Waals surface area contributed by atoms with E-state index >= 15 is 0 Å². The van der Waals surface area contributed by atoms with Gasteiger partial charge >= 0.3 is 0 Å². The number of rotatable bonds is 3. The fraction of sp³-hybridized carbons (Fsp3) is 0.545. The van der Waals surface area contributed by atoms with Crippen LogP contribution in [0.3, 0.4) is 0 Å². The predicted octanol–water partition coefficient (Wildman–Crippen LogP) is 0.854. The molecule has 0 radical (unpaired) electrons. The van der Waals surface area contributed by atoms with Crippen molar-refractivity contribution in [2.75, 3.05) is 30.0 Å². The Bertz CT molecular complexity index is 422. The summed E-state index contributed by atoms with van der Waals surface area (Å²) in [5.41, 5.74) is 2.10. The van der Waals surface area contributed by atoms with E-state index in [1.54, 1.807) is 4.90 Å². The number of halogens is 2. The molecule has 0 aromatic carbocycles. The van der Waals surface area contributed by atoms with Gasteiger partial charge in [0.1, 0.15) is 0 Å². The van der Waals surface area contributed by atoms with Gasteiger partial charge in [-0.2, -0.15) is 0 Å². The summed E-state index contributed by atoms with van der Waals surface area (Å²) in [7, 11) is 0. The molecule has 1 aliphatic heterocycles. The molecule has 0 spiro atoms. The van der Waals surface area contributed by atoms with Crippen molar-refractivity contribution in [3.63, 3.8) is 0 Å². The molecule has 100 valence electrons. The molecule has 1 fully saturated rings. The number of nitrogens with zero attached hydrogens (tertiary/aromatic N) is 2. The molecule has 7 heteroatoms. The van der Waals surface area contributed by atoms with Crippen LogP contribution in [0.5, 0.6) is 0 Å². The molecule has 4 N–H and O–H groups in total. The Morgan fingerprint density at radius 2 is 2.06 bits per heavy atom. The van der Waals surface area contributed by atoms with Crippen molar-refractivity contribution < 1.29 is 13.9 Å². The lowest BCUT2D eigenvalue weighted by atomic mass is 9.98. The molecule has 0 aliphatic carbocycles. The highest BCUT2D eigenvalue weighted by Crippen LogP contribution is 2.26. The second kappa shape index (κ2) is 5.45. The standard InChI is InChI=1S/C11H16F2N4O/c12-8-5-9(13)11(15-10(8)16-14)17-3-1-7(6-18)2-4-17/h5,7,18H,1-4,6,14H2,(H,15,16). The van der Waals surface area contributed by atoms with E-state index in [-0.39, 0.29) is 24.2 Å². The van der Waals surface area contributed by atoms with Crippen molar-refractivity contribution in [2.24, 2.45) is 11.8 Å². The zero-order valence-electron chi connectivity index (χ0n) is 9.87. The first-order valence-corrected chi connectivity index (χ1v) is 5.84. The second-order valence-electron chi connectivity index (χ2n) is 4.38. The normalized spacial score (nSPS) is 17.0. The van der Waals surface area contributed by atoms with Crippen LogP contribution in [0.1, 0.15) is 12.8 Å². The van der Waals surface area contributed by atoms with Gasteiger partial charge in [-0.25, -0.2) is 19.6 Å². The van der Waals surface area contributed by atoms with Crippen LogP contribution in [0.25, 0.3) is 0 Å². The predicted molar refractivity (Wildman–Crippen MR) is 64.0 cm³/mol. The molecule has 0 bridgehead atoms. The van der Waals surface area contributed by atoms with Crippen molar-refractivity contribution in [3.05, 3.63) is 17.7 Å². The lowest BCUT2D eigenvalue weighted by molar-refractivity contribution is 0.202. The summed E-state index contributed by atoms with van der Waals surface area (Å²) < 4.78 is 26.9. The van der Waals surface area contributed by atoms with E-state index in [4.69, 9.17) is 10.9 Å². The molecular formula is C11H16F2N4O. The monoisotopic (exact) mass is 258 g/mol. The van der Waals surface area contributed by atoms with E-state index in [2.05, 4.69) is 10.4 Å². The Balaban J connectivity index is 2.18. The van der Waals surface area contributed by atoms with Crippen LogP contribution in [0.4, 0.5) is 20.4 Å². The van der Waals surface area contributed by atoms with Crippen molar-refractivity contribution in [3.8, 4) is 0 Å². The van der Waals surface area contributed by atoms with Gasteiger partial charge in [0.25, 0.3) is 0 Å². The Hall–Kier alpha value is -1.47. The molecule has 0 unspecified atom stereocenters. The van der Waals surface area contributed by atoms with Crippen LogP contribution < -0.4 is 16.2 Å². The van der Waals surface area contributed by atoms with E-state index in [9.17, 15) is 8.78 Å². The first-order valence-electron chi connectivity index (χ1n) is 5.84. The fourth-order valence-electron chi connectivity index (χ4n) is 2.11. The zero-order chi connectivity index (χ0) is 13.1. The van der Waals surface area contributed by atoms with Gasteiger partial charge in [-0.3, -0.25) is 0 Å². The Morgan fingerprint density at radius 3 is 2.61 bits per heavy atom. The number of anilines is 2. The van der Waals surface area contributed by atoms with Crippen LogP contribution in [-0.2, 0) is 0 Å². The van der Waals surface area contributed by atoms with Crippen LogP contribution in [0.2, 0.25) is 0 Å². The molecule has 1 aromatic rings. The minimum Gasteiger partial charge on any atom is -0.396 e. The van der Waals surface area contributed by atoms with Crippen molar-refractivity contribution in [1.29, 1.82) is 0 Å². The third kappa shape index (κ3) is 2.51. The number of aliphatic hydroxyl groups excluding tert-OH is 1. The largest absolute Gasteiger partial charge is 0.396 e. The number of pyridine rings is 1. The summed E-state index contributed by atoms with van der Waals surface area (Å²) in [6, 6.07) is 0.773. The van der Waals surface area contributed by atoms with Gasteiger partial charge < -0.3 is 15.4 Å². The minimum absolute atomic E-state index is 0.0979. The highest BCUT2D eigenvalue weighted by atomic mass is 19.1.